The summed E-state index contributed by atoms with van der Waals surface area (Å²) < 4.78 is 21.2. The molecule has 7 heteroatoms. The number of aryl methyl sites for hydroxylation is 1. The van der Waals surface area contributed by atoms with Gasteiger partial charge in [0.05, 0.1) is 10.7 Å². The van der Waals surface area contributed by atoms with Crippen molar-refractivity contribution in [3.63, 3.8) is 0 Å². The third kappa shape index (κ3) is 3.21. The summed E-state index contributed by atoms with van der Waals surface area (Å²) >= 11 is 18.3. The van der Waals surface area contributed by atoms with Gasteiger partial charge in [0, 0.05) is 11.6 Å². The largest absolute Gasteiger partial charge is 0.444 e. The number of allylic oxidation sites excluding steroid dienone is 1. The molecular formula is C16H14Cl3FN2O. The predicted molar refractivity (Wildman–Crippen MR) is 90.4 cm³/mol. The van der Waals surface area contributed by atoms with Gasteiger partial charge in [0.25, 0.3) is 0 Å². The van der Waals surface area contributed by atoms with Gasteiger partial charge in [-0.15, -0.1) is 0 Å². The van der Waals surface area contributed by atoms with Crippen LogP contribution in [0, 0.1) is 5.82 Å². The van der Waals surface area contributed by atoms with Crippen molar-refractivity contribution in [2.24, 2.45) is 0 Å². The van der Waals surface area contributed by atoms with Gasteiger partial charge in [0.1, 0.15) is 16.6 Å². The van der Waals surface area contributed by atoms with E-state index in [9.17, 15) is 4.39 Å². The molecule has 0 radical (unpaired) electrons. The summed E-state index contributed by atoms with van der Waals surface area (Å²) in [7, 11) is 0. The van der Waals surface area contributed by atoms with Crippen LogP contribution in [0.1, 0.15) is 31.0 Å². The lowest BCUT2D eigenvalue weighted by atomic mass is 9.99. The highest BCUT2D eigenvalue weighted by Crippen LogP contribution is 2.35. The summed E-state index contributed by atoms with van der Waals surface area (Å²) in [5.74, 6) is -0.281. The second-order valence-electron chi connectivity index (χ2n) is 5.26. The summed E-state index contributed by atoms with van der Waals surface area (Å²) in [5, 5.41) is 5.16. The molecule has 1 aromatic carbocycles. The molecule has 122 valence electrons. The molecule has 1 aromatic heterocycles. The maximum absolute atomic E-state index is 14.4. The van der Waals surface area contributed by atoms with E-state index in [4.69, 9.17) is 39.5 Å². The molecule has 0 atom stereocenters. The van der Waals surface area contributed by atoms with E-state index in [0.717, 1.165) is 36.9 Å². The lowest BCUT2D eigenvalue weighted by Gasteiger charge is -2.11. The molecule has 0 unspecified atom stereocenters. The maximum Gasteiger partial charge on any atom is 0.189 e. The number of benzene rings is 1. The van der Waals surface area contributed by atoms with Gasteiger partial charge in [-0.3, -0.25) is 0 Å². The van der Waals surface area contributed by atoms with Crippen LogP contribution in [-0.4, -0.2) is 9.78 Å². The summed E-state index contributed by atoms with van der Waals surface area (Å²) in [6.45, 7) is 1.72. The first-order valence-electron chi connectivity index (χ1n) is 7.26. The van der Waals surface area contributed by atoms with Crippen molar-refractivity contribution in [2.75, 3.05) is 0 Å². The molecule has 1 aliphatic carbocycles. The van der Waals surface area contributed by atoms with Crippen LogP contribution in [0.4, 0.5) is 4.39 Å². The molecule has 0 N–H and O–H groups in total. The SMILES string of the molecule is CC=C(Cl)Oc1cc(-n2nc3c(c2Cl)CCCC3)c(F)cc1Cl. The Bertz CT molecular complexity index is 786. The number of rotatable bonds is 3. The second kappa shape index (κ2) is 6.71. The Labute approximate surface area is 148 Å². The average Bonchev–Trinajstić information content (AvgIpc) is 2.87. The topological polar surface area (TPSA) is 27.1 Å². The fraction of sp³-hybridized carbons (Fsp3) is 0.312. The quantitative estimate of drug-likeness (QED) is 0.646. The van der Waals surface area contributed by atoms with Gasteiger partial charge in [-0.1, -0.05) is 23.2 Å². The van der Waals surface area contributed by atoms with E-state index in [-0.39, 0.29) is 21.7 Å². The van der Waals surface area contributed by atoms with Crippen LogP contribution < -0.4 is 4.74 Å². The molecule has 3 nitrogen and oxygen atoms in total. The fourth-order valence-electron chi connectivity index (χ4n) is 2.60. The van der Waals surface area contributed by atoms with E-state index in [0.29, 0.717) is 5.15 Å². The lowest BCUT2D eigenvalue weighted by Crippen LogP contribution is -2.02. The molecule has 0 amide bonds. The van der Waals surface area contributed by atoms with Crippen molar-refractivity contribution in [3.05, 3.63) is 50.7 Å². The van der Waals surface area contributed by atoms with E-state index in [1.807, 2.05) is 0 Å². The molecule has 0 saturated carbocycles. The van der Waals surface area contributed by atoms with Crippen molar-refractivity contribution in [2.45, 2.75) is 32.6 Å². The molecule has 0 fully saturated rings. The Kier molecular flexibility index (Phi) is 4.85. The Morgan fingerprint density at radius 1 is 1.30 bits per heavy atom. The van der Waals surface area contributed by atoms with Crippen molar-refractivity contribution >= 4 is 34.8 Å². The zero-order chi connectivity index (χ0) is 16.6. The van der Waals surface area contributed by atoms with Crippen LogP contribution in [0.5, 0.6) is 5.75 Å². The number of fused-ring (bicyclic) bond motifs is 1. The van der Waals surface area contributed by atoms with Crippen LogP contribution in [-0.2, 0) is 12.8 Å². The zero-order valence-electron chi connectivity index (χ0n) is 12.4. The molecule has 0 bridgehead atoms. The zero-order valence-corrected chi connectivity index (χ0v) is 14.6. The Balaban J connectivity index is 2.09. The molecule has 0 aliphatic heterocycles. The molecular weight excluding hydrogens is 362 g/mol. The second-order valence-corrected chi connectivity index (χ2v) is 6.40. The van der Waals surface area contributed by atoms with Gasteiger partial charge in [0.15, 0.2) is 11.0 Å². The van der Waals surface area contributed by atoms with Crippen molar-refractivity contribution in [3.8, 4) is 11.4 Å². The highest BCUT2D eigenvalue weighted by atomic mass is 35.5. The van der Waals surface area contributed by atoms with Gasteiger partial charge in [-0.2, -0.15) is 5.10 Å². The smallest absolute Gasteiger partial charge is 0.189 e. The minimum absolute atomic E-state index is 0.124. The predicted octanol–water partition coefficient (Wildman–Crippen LogP) is 5.68. The van der Waals surface area contributed by atoms with E-state index in [2.05, 4.69) is 5.10 Å². The van der Waals surface area contributed by atoms with Crippen LogP contribution in [0.25, 0.3) is 5.69 Å². The number of halogens is 4. The molecule has 1 heterocycles. The van der Waals surface area contributed by atoms with Gasteiger partial charge in [-0.05, 0) is 56.4 Å². The van der Waals surface area contributed by atoms with E-state index in [1.165, 1.54) is 16.8 Å². The van der Waals surface area contributed by atoms with Crippen molar-refractivity contribution < 1.29 is 9.13 Å². The third-order valence-corrected chi connectivity index (χ3v) is 4.74. The summed E-state index contributed by atoms with van der Waals surface area (Å²) in [6.07, 6.45) is 5.41. The maximum atomic E-state index is 14.4. The number of ether oxygens (including phenoxy) is 1. The van der Waals surface area contributed by atoms with E-state index < -0.39 is 5.82 Å². The van der Waals surface area contributed by atoms with Gasteiger partial charge < -0.3 is 4.74 Å². The number of nitrogens with zero attached hydrogens (tertiary/aromatic N) is 2. The molecule has 1 aliphatic rings. The first-order valence-corrected chi connectivity index (χ1v) is 8.40. The Morgan fingerprint density at radius 3 is 2.74 bits per heavy atom. The normalized spacial score (nSPS) is 14.7. The first-order chi connectivity index (χ1) is 11.0. The number of hydrogen-bond donors (Lipinski definition) is 0. The van der Waals surface area contributed by atoms with Crippen LogP contribution in [0.2, 0.25) is 10.2 Å². The molecule has 0 spiro atoms. The highest BCUT2D eigenvalue weighted by Gasteiger charge is 2.22. The number of hydrogen-bond acceptors (Lipinski definition) is 2. The average molecular weight is 376 g/mol. The lowest BCUT2D eigenvalue weighted by molar-refractivity contribution is 0.459. The molecule has 23 heavy (non-hydrogen) atoms. The van der Waals surface area contributed by atoms with Crippen LogP contribution in [0.3, 0.4) is 0 Å². The minimum Gasteiger partial charge on any atom is -0.444 e. The fourth-order valence-corrected chi connectivity index (χ4v) is 3.20. The minimum atomic E-state index is -0.527. The van der Waals surface area contributed by atoms with Gasteiger partial charge in [-0.25, -0.2) is 9.07 Å². The van der Waals surface area contributed by atoms with Crippen LogP contribution >= 0.6 is 34.8 Å². The van der Waals surface area contributed by atoms with Gasteiger partial charge in [0.2, 0.25) is 0 Å². The van der Waals surface area contributed by atoms with Crippen LogP contribution in [0.15, 0.2) is 23.4 Å². The summed E-state index contributed by atoms with van der Waals surface area (Å²) in [6, 6.07) is 2.62. The third-order valence-electron chi connectivity index (χ3n) is 3.76. The molecule has 2 aromatic rings. The first kappa shape index (κ1) is 16.6. The van der Waals surface area contributed by atoms with E-state index >= 15 is 0 Å². The van der Waals surface area contributed by atoms with E-state index in [1.54, 1.807) is 13.0 Å². The standard InChI is InChI=1S/C16H14Cl3FN2O/c1-2-15(18)23-14-8-13(11(20)7-10(14)17)22-16(19)9-5-3-4-6-12(9)21-22/h2,7-8H,3-6H2,1H3. The molecule has 0 saturated heterocycles. The van der Waals surface area contributed by atoms with Crippen molar-refractivity contribution in [1.29, 1.82) is 0 Å². The monoisotopic (exact) mass is 374 g/mol. The molecule has 3 rings (SSSR count). The van der Waals surface area contributed by atoms with Gasteiger partial charge >= 0.3 is 0 Å². The summed E-state index contributed by atoms with van der Waals surface area (Å²) in [4.78, 5) is 0. The summed E-state index contributed by atoms with van der Waals surface area (Å²) in [5.41, 5.74) is 2.09. The Morgan fingerprint density at radius 2 is 2.04 bits per heavy atom. The highest BCUT2D eigenvalue weighted by molar-refractivity contribution is 6.32. The Hall–Kier alpha value is -1.23. The number of aromatic nitrogens is 2. The van der Waals surface area contributed by atoms with Crippen molar-refractivity contribution in [1.82, 2.24) is 9.78 Å².